The molecule has 4 nitrogen and oxygen atoms in total. The summed E-state index contributed by atoms with van der Waals surface area (Å²) in [5, 5.41) is 12.6. The molecule has 20 heavy (non-hydrogen) atoms. The second kappa shape index (κ2) is 6.28. The molecule has 0 atom stereocenters. The number of ether oxygens (including phenoxy) is 1. The number of rotatable bonds is 3. The summed E-state index contributed by atoms with van der Waals surface area (Å²) in [6.07, 6.45) is 0. The van der Waals surface area contributed by atoms with E-state index in [0.717, 1.165) is 8.95 Å². The SMILES string of the molecule is COc1ccc(C(=O)Nc2c(Br)cccc2Br)c(O)c1. The average Bonchev–Trinajstić information content (AvgIpc) is 2.42. The maximum Gasteiger partial charge on any atom is 0.259 e. The van der Waals surface area contributed by atoms with Gasteiger partial charge in [-0.05, 0) is 56.1 Å². The van der Waals surface area contributed by atoms with Gasteiger partial charge in [0.25, 0.3) is 5.91 Å². The summed E-state index contributed by atoms with van der Waals surface area (Å²) in [4.78, 5) is 12.2. The van der Waals surface area contributed by atoms with E-state index in [2.05, 4.69) is 37.2 Å². The topological polar surface area (TPSA) is 58.6 Å². The molecule has 0 spiro atoms. The lowest BCUT2D eigenvalue weighted by atomic mass is 10.1. The van der Waals surface area contributed by atoms with Gasteiger partial charge >= 0.3 is 0 Å². The number of aromatic hydroxyl groups is 1. The van der Waals surface area contributed by atoms with Crippen LogP contribution in [0.25, 0.3) is 0 Å². The first-order valence-electron chi connectivity index (χ1n) is 5.65. The molecule has 0 aliphatic carbocycles. The zero-order valence-corrected chi connectivity index (χ0v) is 13.7. The van der Waals surface area contributed by atoms with Crippen LogP contribution in [0.2, 0.25) is 0 Å². The molecule has 0 aliphatic heterocycles. The molecule has 0 bridgehead atoms. The Balaban J connectivity index is 2.29. The molecule has 0 unspecified atom stereocenters. The minimum atomic E-state index is -0.405. The molecular weight excluding hydrogens is 390 g/mol. The first-order valence-corrected chi connectivity index (χ1v) is 7.24. The Morgan fingerprint density at radius 3 is 2.40 bits per heavy atom. The number of phenolic OH excluding ortho intramolecular Hbond substituents is 1. The van der Waals surface area contributed by atoms with E-state index in [-0.39, 0.29) is 11.3 Å². The maximum absolute atomic E-state index is 12.2. The molecule has 0 saturated carbocycles. The van der Waals surface area contributed by atoms with Gasteiger partial charge in [0, 0.05) is 15.0 Å². The largest absolute Gasteiger partial charge is 0.507 e. The molecule has 2 aromatic carbocycles. The standard InChI is InChI=1S/C14H11Br2NO3/c1-20-8-5-6-9(12(18)7-8)14(19)17-13-10(15)3-2-4-11(13)16/h2-7,18H,1H3,(H,17,19). The normalized spacial score (nSPS) is 10.2. The van der Waals surface area contributed by atoms with Gasteiger partial charge in [0.1, 0.15) is 11.5 Å². The number of anilines is 1. The van der Waals surface area contributed by atoms with Crippen molar-refractivity contribution in [1.82, 2.24) is 0 Å². The van der Waals surface area contributed by atoms with E-state index in [9.17, 15) is 9.90 Å². The first kappa shape index (κ1) is 14.9. The van der Waals surface area contributed by atoms with Crippen LogP contribution in [0, 0.1) is 0 Å². The molecule has 2 rings (SSSR count). The van der Waals surface area contributed by atoms with Gasteiger partial charge in [-0.1, -0.05) is 6.07 Å². The van der Waals surface area contributed by atoms with Crippen LogP contribution in [-0.2, 0) is 0 Å². The Hall–Kier alpha value is -1.53. The Morgan fingerprint density at radius 2 is 1.85 bits per heavy atom. The lowest BCUT2D eigenvalue weighted by Crippen LogP contribution is -2.13. The van der Waals surface area contributed by atoms with Crippen molar-refractivity contribution in [3.8, 4) is 11.5 Å². The number of amides is 1. The number of phenols is 1. The van der Waals surface area contributed by atoms with Crippen LogP contribution in [-0.4, -0.2) is 18.1 Å². The molecule has 0 aliphatic rings. The maximum atomic E-state index is 12.2. The number of carbonyl (C=O) groups excluding carboxylic acids is 1. The lowest BCUT2D eigenvalue weighted by molar-refractivity contribution is 0.102. The van der Waals surface area contributed by atoms with E-state index in [1.165, 1.54) is 19.2 Å². The van der Waals surface area contributed by atoms with E-state index in [4.69, 9.17) is 4.74 Å². The van der Waals surface area contributed by atoms with Crippen LogP contribution in [0.3, 0.4) is 0 Å². The summed E-state index contributed by atoms with van der Waals surface area (Å²) in [6.45, 7) is 0. The highest BCUT2D eigenvalue weighted by atomic mass is 79.9. The number of benzene rings is 2. The monoisotopic (exact) mass is 399 g/mol. The van der Waals surface area contributed by atoms with Gasteiger partial charge in [0.05, 0.1) is 18.4 Å². The quantitative estimate of drug-likeness (QED) is 0.812. The first-order chi connectivity index (χ1) is 9.52. The highest BCUT2D eigenvalue weighted by molar-refractivity contribution is 9.11. The van der Waals surface area contributed by atoms with Crippen LogP contribution in [0.1, 0.15) is 10.4 Å². The third kappa shape index (κ3) is 3.13. The molecule has 1 amide bonds. The highest BCUT2D eigenvalue weighted by Gasteiger charge is 2.15. The van der Waals surface area contributed by atoms with Crippen LogP contribution < -0.4 is 10.1 Å². The number of carbonyl (C=O) groups is 1. The number of hydrogen-bond acceptors (Lipinski definition) is 3. The van der Waals surface area contributed by atoms with Crippen molar-refractivity contribution in [1.29, 1.82) is 0 Å². The van der Waals surface area contributed by atoms with Crippen molar-refractivity contribution in [2.24, 2.45) is 0 Å². The number of hydrogen-bond donors (Lipinski definition) is 2. The van der Waals surface area contributed by atoms with Crippen molar-refractivity contribution in [3.63, 3.8) is 0 Å². The summed E-state index contributed by atoms with van der Waals surface area (Å²) in [7, 11) is 1.49. The van der Waals surface area contributed by atoms with Crippen molar-refractivity contribution >= 4 is 43.5 Å². The van der Waals surface area contributed by atoms with E-state index in [0.29, 0.717) is 11.4 Å². The third-order valence-electron chi connectivity index (χ3n) is 2.65. The zero-order valence-electron chi connectivity index (χ0n) is 10.5. The molecule has 0 fully saturated rings. The van der Waals surface area contributed by atoms with E-state index >= 15 is 0 Å². The molecule has 0 saturated heterocycles. The molecule has 0 radical (unpaired) electrons. The minimum Gasteiger partial charge on any atom is -0.507 e. The van der Waals surface area contributed by atoms with Crippen molar-refractivity contribution in [3.05, 3.63) is 50.9 Å². The Labute approximate surface area is 133 Å². The van der Waals surface area contributed by atoms with Crippen molar-refractivity contribution in [2.75, 3.05) is 12.4 Å². The van der Waals surface area contributed by atoms with E-state index in [1.54, 1.807) is 6.07 Å². The third-order valence-corrected chi connectivity index (χ3v) is 3.97. The van der Waals surface area contributed by atoms with Gasteiger partial charge in [-0.15, -0.1) is 0 Å². The summed E-state index contributed by atoms with van der Waals surface area (Å²) in [5.41, 5.74) is 0.779. The van der Waals surface area contributed by atoms with Crippen LogP contribution >= 0.6 is 31.9 Å². The number of nitrogens with one attached hydrogen (secondary N) is 1. The zero-order chi connectivity index (χ0) is 14.7. The highest BCUT2D eigenvalue weighted by Crippen LogP contribution is 2.32. The van der Waals surface area contributed by atoms with Crippen molar-refractivity contribution < 1.29 is 14.6 Å². The summed E-state index contributed by atoms with van der Waals surface area (Å²) >= 11 is 6.72. The van der Waals surface area contributed by atoms with Gasteiger partial charge in [0.2, 0.25) is 0 Å². The molecule has 2 N–H and O–H groups in total. The smallest absolute Gasteiger partial charge is 0.259 e. The molecule has 2 aromatic rings. The summed E-state index contributed by atoms with van der Waals surface area (Å²) in [5.74, 6) is -0.0519. The lowest BCUT2D eigenvalue weighted by Gasteiger charge is -2.11. The Morgan fingerprint density at radius 1 is 1.20 bits per heavy atom. The van der Waals surface area contributed by atoms with Crippen LogP contribution in [0.5, 0.6) is 11.5 Å². The molecule has 6 heteroatoms. The molecule has 0 aromatic heterocycles. The van der Waals surface area contributed by atoms with Crippen LogP contribution in [0.15, 0.2) is 45.3 Å². The predicted octanol–water partition coefficient (Wildman–Crippen LogP) is 4.18. The molecule has 104 valence electrons. The van der Waals surface area contributed by atoms with Crippen LogP contribution in [0.4, 0.5) is 5.69 Å². The fourth-order valence-electron chi connectivity index (χ4n) is 1.63. The average molecular weight is 401 g/mol. The van der Waals surface area contributed by atoms with Gasteiger partial charge in [-0.2, -0.15) is 0 Å². The van der Waals surface area contributed by atoms with Gasteiger partial charge < -0.3 is 15.2 Å². The summed E-state index contributed by atoms with van der Waals surface area (Å²) in [6, 6.07) is 9.99. The molecular formula is C14H11Br2NO3. The minimum absolute atomic E-state index is 0.134. The van der Waals surface area contributed by atoms with Gasteiger partial charge in [-0.25, -0.2) is 0 Å². The van der Waals surface area contributed by atoms with Gasteiger partial charge in [-0.3, -0.25) is 4.79 Å². The fourth-order valence-corrected chi connectivity index (χ4v) is 2.83. The fraction of sp³-hybridized carbons (Fsp3) is 0.0714. The number of halogens is 2. The second-order valence-electron chi connectivity index (χ2n) is 3.93. The Bertz CT molecular complexity index is 639. The Kier molecular flexibility index (Phi) is 4.67. The van der Waals surface area contributed by atoms with E-state index < -0.39 is 5.91 Å². The van der Waals surface area contributed by atoms with Gasteiger partial charge in [0.15, 0.2) is 0 Å². The van der Waals surface area contributed by atoms with Crippen molar-refractivity contribution in [2.45, 2.75) is 0 Å². The second-order valence-corrected chi connectivity index (χ2v) is 5.64. The number of para-hydroxylation sites is 1. The van der Waals surface area contributed by atoms with E-state index in [1.807, 2.05) is 18.2 Å². The molecule has 0 heterocycles. The predicted molar refractivity (Wildman–Crippen MR) is 84.5 cm³/mol. The number of methoxy groups -OCH3 is 1. The summed E-state index contributed by atoms with van der Waals surface area (Å²) < 4.78 is 6.47.